The number of amides is 1. The Bertz CT molecular complexity index is 1000. The molecule has 1 amide bonds. The van der Waals surface area contributed by atoms with Gasteiger partial charge < -0.3 is 15.2 Å². The van der Waals surface area contributed by atoms with Gasteiger partial charge in [0, 0.05) is 16.6 Å². The number of hydrogen-bond donors (Lipinski definition) is 2. The van der Waals surface area contributed by atoms with Gasteiger partial charge in [0.2, 0.25) is 0 Å². The molecule has 2 aromatic heterocycles. The van der Waals surface area contributed by atoms with Gasteiger partial charge in [0.1, 0.15) is 5.75 Å². The average Bonchev–Trinajstić information content (AvgIpc) is 3.09. The van der Waals surface area contributed by atoms with Gasteiger partial charge >= 0.3 is 5.97 Å². The number of imidazole rings is 1. The highest BCUT2D eigenvalue weighted by molar-refractivity contribution is 7.17. The van der Waals surface area contributed by atoms with Crippen molar-refractivity contribution < 1.29 is 19.4 Å². The number of carbonyl (C=O) groups excluding carboxylic acids is 1. The molecule has 0 saturated heterocycles. The lowest BCUT2D eigenvalue weighted by Gasteiger charge is -2.18. The van der Waals surface area contributed by atoms with Crippen LogP contribution in [0.25, 0.3) is 16.2 Å². The molecule has 0 aliphatic carbocycles. The number of ether oxygens (including phenoxy) is 1. The lowest BCUT2D eigenvalue weighted by atomic mass is 10.1. The smallest absolute Gasteiger partial charge is 0.309 e. The first-order chi connectivity index (χ1) is 12.0. The molecule has 8 heteroatoms. The monoisotopic (exact) mass is 357 g/mol. The van der Waals surface area contributed by atoms with Crippen molar-refractivity contribution in [2.75, 3.05) is 11.9 Å². The highest BCUT2D eigenvalue weighted by Crippen LogP contribution is 2.37. The number of hydrogen-bond acceptors (Lipinski definition) is 5. The second kappa shape index (κ2) is 5.89. The number of rotatable bonds is 4. The Balaban J connectivity index is 1.84. The molecule has 2 N–H and O–H groups in total. The minimum Gasteiger partial charge on any atom is -0.482 e. The summed E-state index contributed by atoms with van der Waals surface area (Å²) in [5.41, 5.74) is 3.06. The summed E-state index contributed by atoms with van der Waals surface area (Å²) in [7, 11) is 0. The maximum atomic E-state index is 11.6. The molecule has 1 aliphatic heterocycles. The molecule has 25 heavy (non-hydrogen) atoms. The summed E-state index contributed by atoms with van der Waals surface area (Å²) in [6.45, 7) is 2.09. The highest BCUT2D eigenvalue weighted by Gasteiger charge is 2.20. The third kappa shape index (κ3) is 2.74. The van der Waals surface area contributed by atoms with E-state index in [-0.39, 0.29) is 18.9 Å². The van der Waals surface area contributed by atoms with Crippen molar-refractivity contribution in [1.29, 1.82) is 0 Å². The van der Waals surface area contributed by atoms with Crippen LogP contribution in [0.2, 0.25) is 0 Å². The Kier molecular flexibility index (Phi) is 3.69. The average molecular weight is 357 g/mol. The topological polar surface area (TPSA) is 92.9 Å². The predicted octanol–water partition coefficient (Wildman–Crippen LogP) is 2.58. The van der Waals surface area contributed by atoms with Crippen molar-refractivity contribution in [3.05, 3.63) is 35.0 Å². The Morgan fingerprint density at radius 1 is 1.48 bits per heavy atom. The number of carbonyl (C=O) groups is 2. The first-order valence-electron chi connectivity index (χ1n) is 7.83. The van der Waals surface area contributed by atoms with Crippen molar-refractivity contribution in [3.63, 3.8) is 0 Å². The first-order valence-corrected chi connectivity index (χ1v) is 8.65. The van der Waals surface area contributed by atoms with Crippen LogP contribution in [0.4, 0.5) is 5.69 Å². The van der Waals surface area contributed by atoms with Gasteiger partial charge in [-0.2, -0.15) is 0 Å². The van der Waals surface area contributed by atoms with E-state index in [4.69, 9.17) is 9.84 Å². The van der Waals surface area contributed by atoms with E-state index < -0.39 is 5.97 Å². The lowest BCUT2D eigenvalue weighted by molar-refractivity contribution is -0.136. The standard InChI is InChI=1S/C17H15N3O4S/c1-2-13-16(20-7-10(6-15(22)23)18-17(20)25-13)9-3-4-12-11(5-9)19-14(21)8-24-12/h3-5,7H,2,6,8H2,1H3,(H,19,21)(H,22,23). The van der Waals surface area contributed by atoms with Crippen LogP contribution in [0, 0.1) is 0 Å². The molecule has 0 saturated carbocycles. The summed E-state index contributed by atoms with van der Waals surface area (Å²) in [6.07, 6.45) is 2.49. The van der Waals surface area contributed by atoms with Gasteiger partial charge in [0.05, 0.1) is 23.5 Å². The van der Waals surface area contributed by atoms with Crippen LogP contribution in [-0.2, 0) is 22.4 Å². The van der Waals surface area contributed by atoms with Gasteiger partial charge in [-0.3, -0.25) is 14.0 Å². The molecule has 0 unspecified atom stereocenters. The zero-order valence-electron chi connectivity index (χ0n) is 13.4. The second-order valence-electron chi connectivity index (χ2n) is 5.73. The molecule has 128 valence electrons. The second-order valence-corrected chi connectivity index (χ2v) is 6.79. The number of carboxylic acids is 1. The Hall–Kier alpha value is -2.87. The number of aryl methyl sites for hydroxylation is 1. The SMILES string of the molecule is CCc1sc2nc(CC(=O)O)cn2c1-c1ccc2c(c1)NC(=O)CO2. The van der Waals surface area contributed by atoms with Gasteiger partial charge in [-0.1, -0.05) is 6.92 Å². The van der Waals surface area contributed by atoms with Crippen molar-refractivity contribution in [1.82, 2.24) is 9.38 Å². The summed E-state index contributed by atoms with van der Waals surface area (Å²) >= 11 is 1.54. The molecule has 1 aromatic carbocycles. The third-order valence-electron chi connectivity index (χ3n) is 3.98. The van der Waals surface area contributed by atoms with Crippen LogP contribution in [0.5, 0.6) is 5.75 Å². The summed E-state index contributed by atoms with van der Waals surface area (Å²) in [5, 5.41) is 11.8. The number of thiazole rings is 1. The summed E-state index contributed by atoms with van der Waals surface area (Å²) in [6, 6.07) is 5.65. The molecule has 0 radical (unpaired) electrons. The van der Waals surface area contributed by atoms with Crippen LogP contribution < -0.4 is 10.1 Å². The number of nitrogens with one attached hydrogen (secondary N) is 1. The summed E-state index contributed by atoms with van der Waals surface area (Å²) in [5.74, 6) is -0.441. The number of nitrogens with zero attached hydrogens (tertiary/aromatic N) is 2. The molecule has 0 atom stereocenters. The van der Waals surface area contributed by atoms with Crippen LogP contribution in [0.3, 0.4) is 0 Å². The molecule has 0 fully saturated rings. The molecule has 4 rings (SSSR count). The molecule has 1 aliphatic rings. The molecule has 0 bridgehead atoms. The summed E-state index contributed by atoms with van der Waals surface area (Å²) in [4.78, 5) is 28.8. The Labute approximate surface area is 146 Å². The Morgan fingerprint density at radius 3 is 3.08 bits per heavy atom. The van der Waals surface area contributed by atoms with Gasteiger partial charge in [0.25, 0.3) is 5.91 Å². The van der Waals surface area contributed by atoms with E-state index in [1.54, 1.807) is 17.5 Å². The zero-order chi connectivity index (χ0) is 17.6. The Morgan fingerprint density at radius 2 is 2.32 bits per heavy atom. The van der Waals surface area contributed by atoms with Crippen LogP contribution in [-0.4, -0.2) is 33.0 Å². The fourth-order valence-electron chi connectivity index (χ4n) is 2.95. The molecule has 3 aromatic rings. The van der Waals surface area contributed by atoms with E-state index in [2.05, 4.69) is 17.2 Å². The maximum Gasteiger partial charge on any atom is 0.309 e. The van der Waals surface area contributed by atoms with Gasteiger partial charge in [-0.25, -0.2) is 4.98 Å². The fourth-order valence-corrected chi connectivity index (χ4v) is 4.03. The number of fused-ring (bicyclic) bond motifs is 2. The van der Waals surface area contributed by atoms with Gasteiger partial charge in [0.15, 0.2) is 11.6 Å². The first kappa shape index (κ1) is 15.6. The van der Waals surface area contributed by atoms with Gasteiger partial charge in [-0.15, -0.1) is 11.3 Å². The summed E-state index contributed by atoms with van der Waals surface area (Å²) < 4.78 is 7.33. The van der Waals surface area contributed by atoms with E-state index in [0.29, 0.717) is 17.1 Å². The van der Waals surface area contributed by atoms with E-state index in [9.17, 15) is 9.59 Å². The van der Waals surface area contributed by atoms with Crippen molar-refractivity contribution in [3.8, 4) is 17.0 Å². The molecule has 3 heterocycles. The fraction of sp³-hybridized carbons (Fsp3) is 0.235. The number of aromatic nitrogens is 2. The molecular weight excluding hydrogens is 342 g/mol. The molecule has 7 nitrogen and oxygen atoms in total. The van der Waals surface area contributed by atoms with Crippen molar-refractivity contribution in [2.24, 2.45) is 0 Å². The van der Waals surface area contributed by atoms with E-state index in [0.717, 1.165) is 27.5 Å². The number of benzene rings is 1. The van der Waals surface area contributed by atoms with Gasteiger partial charge in [-0.05, 0) is 24.6 Å². The number of anilines is 1. The van der Waals surface area contributed by atoms with E-state index >= 15 is 0 Å². The number of carboxylic acid groups (broad SMARTS) is 1. The van der Waals surface area contributed by atoms with Crippen molar-refractivity contribution in [2.45, 2.75) is 19.8 Å². The van der Waals surface area contributed by atoms with Crippen LogP contribution in [0.1, 0.15) is 17.5 Å². The number of aliphatic carboxylic acids is 1. The van der Waals surface area contributed by atoms with Crippen molar-refractivity contribution >= 4 is 33.9 Å². The highest BCUT2D eigenvalue weighted by atomic mass is 32.1. The molecular formula is C17H15N3O4S. The minimum absolute atomic E-state index is 0.0231. The third-order valence-corrected chi connectivity index (χ3v) is 5.18. The lowest BCUT2D eigenvalue weighted by Crippen LogP contribution is -2.25. The quantitative estimate of drug-likeness (QED) is 0.749. The molecule has 0 spiro atoms. The van der Waals surface area contributed by atoms with E-state index in [1.165, 1.54) is 0 Å². The van der Waals surface area contributed by atoms with Crippen LogP contribution in [0.15, 0.2) is 24.4 Å². The zero-order valence-corrected chi connectivity index (χ0v) is 14.2. The normalized spacial score (nSPS) is 13.4. The largest absolute Gasteiger partial charge is 0.482 e. The minimum atomic E-state index is -0.906. The van der Waals surface area contributed by atoms with E-state index in [1.807, 2.05) is 22.6 Å². The predicted molar refractivity (Wildman–Crippen MR) is 93.3 cm³/mol. The van der Waals surface area contributed by atoms with Crippen LogP contribution >= 0.6 is 11.3 Å². The maximum absolute atomic E-state index is 11.6.